The van der Waals surface area contributed by atoms with E-state index in [1.165, 1.54) is 0 Å². The van der Waals surface area contributed by atoms with Gasteiger partial charge in [-0.2, -0.15) is 5.10 Å². The highest BCUT2D eigenvalue weighted by molar-refractivity contribution is 5.92. The van der Waals surface area contributed by atoms with Crippen molar-refractivity contribution in [3.63, 3.8) is 0 Å². The highest BCUT2D eigenvalue weighted by Gasteiger charge is 2.12. The average Bonchev–Trinajstić information content (AvgIpc) is 3.18. The summed E-state index contributed by atoms with van der Waals surface area (Å²) in [5.41, 5.74) is 3.63. The molecule has 0 fully saturated rings. The van der Waals surface area contributed by atoms with Crippen molar-refractivity contribution in [3.8, 4) is 22.7 Å². The van der Waals surface area contributed by atoms with Crippen LogP contribution in [0.2, 0.25) is 0 Å². The number of amides is 1. The van der Waals surface area contributed by atoms with Gasteiger partial charge in [-0.25, -0.2) is 4.68 Å². The molecule has 144 valence electrons. The molecule has 1 amide bonds. The first-order valence-corrected chi connectivity index (χ1v) is 9.42. The van der Waals surface area contributed by atoms with Crippen molar-refractivity contribution >= 4 is 12.0 Å². The van der Waals surface area contributed by atoms with Gasteiger partial charge in [0.25, 0.3) is 0 Å². The molecule has 1 aromatic heterocycles. The van der Waals surface area contributed by atoms with E-state index < -0.39 is 0 Å². The topological polar surface area (TPSA) is 47.4 Å². The summed E-state index contributed by atoms with van der Waals surface area (Å²) in [7, 11) is 1.64. The first-order valence-electron chi connectivity index (χ1n) is 9.42. The number of para-hydroxylation sites is 1. The Balaban J connectivity index is 2.01. The van der Waals surface area contributed by atoms with Crippen LogP contribution in [0.3, 0.4) is 0 Å². The second kappa shape index (κ2) is 9.04. The number of likely N-dealkylation sites (N-methyl/N-ethyl adjacent to an activating group) is 1. The minimum atomic E-state index is -0.00172. The summed E-state index contributed by atoms with van der Waals surface area (Å²) in [5.74, 6) is 0.790. The first-order chi connectivity index (χ1) is 13.7. The van der Waals surface area contributed by atoms with E-state index in [1.54, 1.807) is 18.1 Å². The zero-order valence-electron chi connectivity index (χ0n) is 16.5. The molecule has 5 heteroatoms. The number of aromatic nitrogens is 2. The van der Waals surface area contributed by atoms with Gasteiger partial charge < -0.3 is 9.64 Å². The third kappa shape index (κ3) is 4.31. The van der Waals surface area contributed by atoms with Gasteiger partial charge in [0.1, 0.15) is 5.75 Å². The van der Waals surface area contributed by atoms with E-state index in [9.17, 15) is 4.79 Å². The molecular formula is C23H25N3O2. The lowest BCUT2D eigenvalue weighted by atomic mass is 10.1. The van der Waals surface area contributed by atoms with E-state index in [0.29, 0.717) is 13.1 Å². The Kier molecular flexibility index (Phi) is 6.27. The number of benzene rings is 2. The summed E-state index contributed by atoms with van der Waals surface area (Å²) in [6.45, 7) is 5.33. The molecule has 0 aliphatic rings. The number of nitrogens with zero attached hydrogens (tertiary/aromatic N) is 3. The van der Waals surface area contributed by atoms with Crippen LogP contribution in [0.5, 0.6) is 5.75 Å². The van der Waals surface area contributed by atoms with Gasteiger partial charge in [0.15, 0.2) is 0 Å². The Labute approximate surface area is 165 Å². The molecule has 28 heavy (non-hydrogen) atoms. The Morgan fingerprint density at radius 3 is 2.36 bits per heavy atom. The van der Waals surface area contributed by atoms with Crippen LogP contribution in [0.25, 0.3) is 23.0 Å². The molecule has 0 N–H and O–H groups in total. The molecule has 0 aliphatic carbocycles. The van der Waals surface area contributed by atoms with Crippen LogP contribution in [-0.2, 0) is 4.79 Å². The second-order valence-electron chi connectivity index (χ2n) is 6.29. The Hall–Kier alpha value is -3.34. The minimum absolute atomic E-state index is 0.00172. The maximum absolute atomic E-state index is 12.4. The summed E-state index contributed by atoms with van der Waals surface area (Å²) in [5, 5.41) is 4.77. The van der Waals surface area contributed by atoms with E-state index in [1.807, 2.05) is 85.4 Å². The number of hydrogen-bond donors (Lipinski definition) is 0. The molecular weight excluding hydrogens is 350 g/mol. The molecule has 0 atom stereocenters. The smallest absolute Gasteiger partial charge is 0.246 e. The summed E-state index contributed by atoms with van der Waals surface area (Å²) in [4.78, 5) is 14.2. The molecule has 0 unspecified atom stereocenters. The predicted octanol–water partition coefficient (Wildman–Crippen LogP) is 4.43. The standard InChI is InChI=1S/C23H25N3O2/c1-4-25(5-2)22(27)16-13-19-17-26(20-9-7-6-8-10-20)24-23(19)18-11-14-21(28-3)15-12-18/h6-17H,4-5H2,1-3H3/b16-13+. The third-order valence-electron chi connectivity index (χ3n) is 4.61. The number of carbonyl (C=O) groups is 1. The summed E-state index contributed by atoms with van der Waals surface area (Å²) in [6.07, 6.45) is 5.40. The van der Waals surface area contributed by atoms with Gasteiger partial charge in [0.2, 0.25) is 5.91 Å². The Morgan fingerprint density at radius 2 is 1.75 bits per heavy atom. The fourth-order valence-corrected chi connectivity index (χ4v) is 3.00. The number of carbonyl (C=O) groups excluding carboxylic acids is 1. The molecule has 5 nitrogen and oxygen atoms in total. The van der Waals surface area contributed by atoms with Gasteiger partial charge in [0, 0.05) is 36.5 Å². The van der Waals surface area contributed by atoms with Crippen LogP contribution in [0.1, 0.15) is 19.4 Å². The molecule has 0 bridgehead atoms. The van der Waals surface area contributed by atoms with Gasteiger partial charge in [-0.1, -0.05) is 18.2 Å². The van der Waals surface area contributed by atoms with Crippen LogP contribution in [-0.4, -0.2) is 40.8 Å². The molecule has 0 saturated heterocycles. The molecule has 2 aromatic carbocycles. The number of rotatable bonds is 7. The minimum Gasteiger partial charge on any atom is -0.497 e. The van der Waals surface area contributed by atoms with E-state index in [-0.39, 0.29) is 5.91 Å². The Bertz CT molecular complexity index is 940. The average molecular weight is 375 g/mol. The molecule has 1 heterocycles. The first kappa shape index (κ1) is 19.4. The van der Waals surface area contributed by atoms with Crippen molar-refractivity contribution in [1.82, 2.24) is 14.7 Å². The van der Waals surface area contributed by atoms with Crippen molar-refractivity contribution in [2.45, 2.75) is 13.8 Å². The predicted molar refractivity (Wildman–Crippen MR) is 113 cm³/mol. The van der Waals surface area contributed by atoms with E-state index in [2.05, 4.69) is 0 Å². The highest BCUT2D eigenvalue weighted by Crippen LogP contribution is 2.26. The molecule has 0 spiro atoms. The second-order valence-corrected chi connectivity index (χ2v) is 6.29. The fourth-order valence-electron chi connectivity index (χ4n) is 3.00. The molecule has 3 rings (SSSR count). The third-order valence-corrected chi connectivity index (χ3v) is 4.61. The monoisotopic (exact) mass is 375 g/mol. The largest absolute Gasteiger partial charge is 0.497 e. The van der Waals surface area contributed by atoms with Crippen LogP contribution in [0, 0.1) is 0 Å². The lowest BCUT2D eigenvalue weighted by molar-refractivity contribution is -0.125. The number of hydrogen-bond acceptors (Lipinski definition) is 3. The van der Waals surface area contributed by atoms with Crippen molar-refractivity contribution < 1.29 is 9.53 Å². The SMILES string of the molecule is CCN(CC)C(=O)/C=C/c1cn(-c2ccccc2)nc1-c1ccc(OC)cc1. The highest BCUT2D eigenvalue weighted by atomic mass is 16.5. The van der Waals surface area contributed by atoms with E-state index in [4.69, 9.17) is 9.84 Å². The number of ether oxygens (including phenoxy) is 1. The van der Waals surface area contributed by atoms with Gasteiger partial charge in [-0.3, -0.25) is 4.79 Å². The van der Waals surface area contributed by atoms with Gasteiger partial charge >= 0.3 is 0 Å². The van der Waals surface area contributed by atoms with Gasteiger partial charge in [-0.05, 0) is 56.3 Å². The van der Waals surface area contributed by atoms with Crippen molar-refractivity contribution in [2.75, 3.05) is 20.2 Å². The van der Waals surface area contributed by atoms with Crippen LogP contribution >= 0.6 is 0 Å². The number of methoxy groups -OCH3 is 1. The van der Waals surface area contributed by atoms with Crippen LogP contribution in [0.4, 0.5) is 0 Å². The zero-order chi connectivity index (χ0) is 19.9. The van der Waals surface area contributed by atoms with Crippen molar-refractivity contribution in [1.29, 1.82) is 0 Å². The summed E-state index contributed by atoms with van der Waals surface area (Å²) < 4.78 is 7.08. The Morgan fingerprint density at radius 1 is 1.07 bits per heavy atom. The maximum Gasteiger partial charge on any atom is 0.246 e. The lowest BCUT2D eigenvalue weighted by Gasteiger charge is -2.15. The molecule has 3 aromatic rings. The normalized spacial score (nSPS) is 11.0. The quantitative estimate of drug-likeness (QED) is 0.574. The van der Waals surface area contributed by atoms with Crippen LogP contribution in [0.15, 0.2) is 66.9 Å². The molecule has 0 saturated carbocycles. The van der Waals surface area contributed by atoms with E-state index in [0.717, 1.165) is 28.3 Å². The fraction of sp³-hybridized carbons (Fsp3) is 0.217. The van der Waals surface area contributed by atoms with Gasteiger partial charge in [-0.15, -0.1) is 0 Å². The summed E-state index contributed by atoms with van der Waals surface area (Å²) in [6, 6.07) is 17.7. The zero-order valence-corrected chi connectivity index (χ0v) is 16.5. The van der Waals surface area contributed by atoms with E-state index >= 15 is 0 Å². The maximum atomic E-state index is 12.4. The van der Waals surface area contributed by atoms with Gasteiger partial charge in [0.05, 0.1) is 18.5 Å². The molecule has 0 radical (unpaired) electrons. The summed E-state index contributed by atoms with van der Waals surface area (Å²) >= 11 is 0. The lowest BCUT2D eigenvalue weighted by Crippen LogP contribution is -2.28. The van der Waals surface area contributed by atoms with Crippen molar-refractivity contribution in [2.24, 2.45) is 0 Å². The van der Waals surface area contributed by atoms with Crippen molar-refractivity contribution in [3.05, 3.63) is 72.4 Å². The molecule has 0 aliphatic heterocycles. The van der Waals surface area contributed by atoms with Crippen LogP contribution < -0.4 is 4.74 Å².